The van der Waals surface area contributed by atoms with Crippen LogP contribution in [0, 0.1) is 23.7 Å². The zero-order chi connectivity index (χ0) is 17.2. The second-order valence-corrected chi connectivity index (χ2v) is 11.5. The van der Waals surface area contributed by atoms with Crippen LogP contribution in [0.25, 0.3) is 0 Å². The summed E-state index contributed by atoms with van der Waals surface area (Å²) in [4.78, 5) is 0. The summed E-state index contributed by atoms with van der Waals surface area (Å²) in [5.74, 6) is 11.1. The Morgan fingerprint density at radius 2 is 1.82 bits per heavy atom. The Morgan fingerprint density at radius 3 is 2.32 bits per heavy atom. The maximum atomic E-state index is 9.29. The van der Waals surface area contributed by atoms with Crippen molar-refractivity contribution in [2.24, 2.45) is 0 Å². The number of allylic oxidation sites excluding steroid dienone is 1. The van der Waals surface area contributed by atoms with Crippen molar-refractivity contribution in [3.05, 3.63) is 24.8 Å². The Balaban J connectivity index is 5.10. The summed E-state index contributed by atoms with van der Waals surface area (Å²) in [5, 5.41) is 9.43. The topological polar surface area (TPSA) is 29.5 Å². The lowest BCUT2D eigenvalue weighted by molar-refractivity contribution is 0.275. The van der Waals surface area contributed by atoms with Gasteiger partial charge in [0.1, 0.15) is 12.2 Å². The fourth-order valence-corrected chi connectivity index (χ4v) is 2.40. The number of rotatable bonds is 6. The molecule has 2 nitrogen and oxygen atoms in total. The number of unbranched alkanes of at least 4 members (excludes halogenated alkanes) is 1. The van der Waals surface area contributed by atoms with E-state index in [-0.39, 0.29) is 11.1 Å². The van der Waals surface area contributed by atoms with Gasteiger partial charge in [0, 0.05) is 0 Å². The number of aliphatic hydroxyl groups excluding tert-OH is 1. The van der Waals surface area contributed by atoms with Crippen molar-refractivity contribution in [1.82, 2.24) is 0 Å². The molecule has 22 heavy (non-hydrogen) atoms. The molecular weight excluding hydrogens is 288 g/mol. The van der Waals surface area contributed by atoms with Gasteiger partial charge in [0.15, 0.2) is 8.32 Å². The van der Waals surface area contributed by atoms with Gasteiger partial charge in [-0.3, -0.25) is 0 Å². The van der Waals surface area contributed by atoms with Gasteiger partial charge in [0.05, 0.1) is 0 Å². The smallest absolute Gasteiger partial charge is 0.194 e. The molecule has 0 aliphatic carbocycles. The molecule has 0 unspecified atom stereocenters. The average molecular weight is 319 g/mol. The van der Waals surface area contributed by atoms with Gasteiger partial charge in [0.25, 0.3) is 0 Å². The van der Waals surface area contributed by atoms with Gasteiger partial charge in [-0.1, -0.05) is 64.7 Å². The van der Waals surface area contributed by atoms with Crippen molar-refractivity contribution in [2.45, 2.75) is 70.9 Å². The van der Waals surface area contributed by atoms with E-state index < -0.39 is 14.4 Å². The minimum Gasteiger partial charge on any atom is -0.400 e. The van der Waals surface area contributed by atoms with Crippen LogP contribution in [-0.2, 0) is 4.43 Å². The normalized spacial score (nSPS) is 14.5. The van der Waals surface area contributed by atoms with E-state index in [4.69, 9.17) is 4.43 Å². The Morgan fingerprint density at radius 1 is 1.23 bits per heavy atom. The highest BCUT2D eigenvalue weighted by molar-refractivity contribution is 6.74. The van der Waals surface area contributed by atoms with Crippen molar-refractivity contribution in [2.75, 3.05) is 0 Å². The van der Waals surface area contributed by atoms with E-state index in [1.807, 2.05) is 6.08 Å². The number of hydrogen-bond acceptors (Lipinski definition) is 2. The molecule has 0 aromatic carbocycles. The summed E-state index contributed by atoms with van der Waals surface area (Å²) in [5.41, 5.74) is 0. The molecule has 0 amide bonds. The second kappa shape index (κ2) is 9.69. The molecule has 122 valence electrons. The van der Waals surface area contributed by atoms with Gasteiger partial charge in [0.2, 0.25) is 0 Å². The molecule has 0 spiro atoms. The highest BCUT2D eigenvalue weighted by Crippen LogP contribution is 2.37. The van der Waals surface area contributed by atoms with Gasteiger partial charge in [-0.15, -0.1) is 0 Å². The van der Waals surface area contributed by atoms with Gasteiger partial charge in [-0.2, -0.15) is 0 Å². The van der Waals surface area contributed by atoms with Crippen LogP contribution in [-0.4, -0.2) is 25.6 Å². The first-order valence-corrected chi connectivity index (χ1v) is 10.7. The summed E-state index contributed by atoms with van der Waals surface area (Å²) in [6.45, 7) is 16.7. The third-order valence-electron chi connectivity index (χ3n) is 3.71. The summed E-state index contributed by atoms with van der Waals surface area (Å²) in [6, 6.07) is 0. The van der Waals surface area contributed by atoms with E-state index in [0.29, 0.717) is 0 Å². The van der Waals surface area contributed by atoms with Crippen LogP contribution in [0.4, 0.5) is 0 Å². The van der Waals surface area contributed by atoms with Crippen LogP contribution in [0.1, 0.15) is 40.5 Å². The molecule has 0 saturated carbocycles. The maximum absolute atomic E-state index is 9.29. The van der Waals surface area contributed by atoms with Crippen molar-refractivity contribution in [3.8, 4) is 23.7 Å². The van der Waals surface area contributed by atoms with E-state index in [0.717, 1.165) is 12.8 Å². The maximum Gasteiger partial charge on any atom is 0.194 e. The number of hydrogen-bond donors (Lipinski definition) is 1. The van der Waals surface area contributed by atoms with Gasteiger partial charge < -0.3 is 9.53 Å². The summed E-state index contributed by atoms with van der Waals surface area (Å²) < 4.78 is 6.31. The second-order valence-electron chi connectivity index (χ2n) is 6.73. The van der Waals surface area contributed by atoms with Crippen LogP contribution in [0.3, 0.4) is 0 Å². The zero-order valence-corrected chi connectivity index (χ0v) is 15.9. The molecule has 0 heterocycles. The molecule has 0 aliphatic heterocycles. The first kappa shape index (κ1) is 20.7. The van der Waals surface area contributed by atoms with Crippen molar-refractivity contribution >= 4 is 8.32 Å². The highest BCUT2D eigenvalue weighted by Gasteiger charge is 2.38. The Kier molecular flexibility index (Phi) is 9.14. The third-order valence-corrected chi connectivity index (χ3v) is 8.17. The van der Waals surface area contributed by atoms with Crippen LogP contribution in [0.15, 0.2) is 24.8 Å². The molecule has 0 aromatic heterocycles. The predicted molar refractivity (Wildman–Crippen MR) is 97.9 cm³/mol. The monoisotopic (exact) mass is 318 g/mol. The van der Waals surface area contributed by atoms with E-state index in [1.54, 1.807) is 0 Å². The minimum atomic E-state index is -1.88. The number of aliphatic hydroxyl groups is 1. The van der Waals surface area contributed by atoms with E-state index in [1.165, 1.54) is 6.08 Å². The molecule has 2 atom stereocenters. The summed E-state index contributed by atoms with van der Waals surface area (Å²) >= 11 is 0. The van der Waals surface area contributed by atoms with Crippen LogP contribution in [0.2, 0.25) is 18.1 Å². The first-order chi connectivity index (χ1) is 10.1. The quantitative estimate of drug-likeness (QED) is 0.450. The SMILES string of the molecule is C=C[C@@H](O)C#CC#C[C@H](/C=C\CCC)O[Si](C)(C)C(C)(C)C. The largest absolute Gasteiger partial charge is 0.400 e. The first-order valence-electron chi connectivity index (χ1n) is 7.80. The average Bonchev–Trinajstić information content (AvgIpc) is 2.41. The van der Waals surface area contributed by atoms with Crippen molar-refractivity contribution in [3.63, 3.8) is 0 Å². The standard InChI is InChI=1S/C19H30O2Si/c1-8-10-11-15-18(16-13-12-14-17(20)9-2)21-22(6,7)19(3,4)5/h9,11,15,17-18,20H,2,8,10H2,1,3-7H3/b15-11-/t17-,18+/m1/s1. The molecule has 0 saturated heterocycles. The third kappa shape index (κ3) is 8.25. The predicted octanol–water partition coefficient (Wildman–Crippen LogP) is 4.29. The molecule has 3 heteroatoms. The lowest BCUT2D eigenvalue weighted by Crippen LogP contribution is -2.43. The summed E-state index contributed by atoms with van der Waals surface area (Å²) in [7, 11) is -1.88. The molecule has 0 bridgehead atoms. The Bertz CT molecular complexity index is 489. The highest BCUT2D eigenvalue weighted by atomic mass is 28.4. The van der Waals surface area contributed by atoms with Gasteiger partial charge in [-0.05, 0) is 42.5 Å². The molecule has 1 N–H and O–H groups in total. The van der Waals surface area contributed by atoms with E-state index in [9.17, 15) is 5.11 Å². The van der Waals surface area contributed by atoms with Crippen molar-refractivity contribution < 1.29 is 9.53 Å². The molecule has 0 aromatic rings. The molecule has 0 aliphatic rings. The zero-order valence-electron chi connectivity index (χ0n) is 14.9. The fourth-order valence-electron chi connectivity index (χ4n) is 1.27. The molecule has 0 radical (unpaired) electrons. The lowest BCUT2D eigenvalue weighted by Gasteiger charge is -2.37. The van der Waals surface area contributed by atoms with E-state index in [2.05, 4.69) is 77.1 Å². The molecular formula is C19H30O2Si. The van der Waals surface area contributed by atoms with Gasteiger partial charge in [-0.25, -0.2) is 0 Å². The van der Waals surface area contributed by atoms with E-state index >= 15 is 0 Å². The Labute approximate surface area is 137 Å². The van der Waals surface area contributed by atoms with Gasteiger partial charge >= 0.3 is 0 Å². The molecule has 0 fully saturated rings. The fraction of sp³-hybridized carbons (Fsp3) is 0.579. The van der Waals surface area contributed by atoms with Crippen LogP contribution >= 0.6 is 0 Å². The van der Waals surface area contributed by atoms with Crippen molar-refractivity contribution in [1.29, 1.82) is 0 Å². The Hall–Kier alpha value is -1.26. The van der Waals surface area contributed by atoms with Crippen LogP contribution < -0.4 is 0 Å². The molecule has 0 rings (SSSR count). The van der Waals surface area contributed by atoms with Crippen LogP contribution in [0.5, 0.6) is 0 Å². The summed E-state index contributed by atoms with van der Waals surface area (Å²) in [6.07, 6.45) is 6.54. The lowest BCUT2D eigenvalue weighted by atomic mass is 10.2. The minimum absolute atomic E-state index is 0.135.